The van der Waals surface area contributed by atoms with Gasteiger partial charge in [-0.05, 0) is 24.8 Å². The van der Waals surface area contributed by atoms with Crippen LogP contribution in [0, 0.1) is 0 Å². The van der Waals surface area contributed by atoms with Crippen LogP contribution in [0.4, 0.5) is 0 Å². The minimum absolute atomic E-state index is 0.212. The van der Waals surface area contributed by atoms with Crippen LogP contribution in [0.15, 0.2) is 28.4 Å². The Bertz CT molecular complexity index is 457. The van der Waals surface area contributed by atoms with E-state index in [4.69, 9.17) is 4.74 Å². The summed E-state index contributed by atoms with van der Waals surface area (Å²) in [6, 6.07) is 2.00. The van der Waals surface area contributed by atoms with E-state index in [0.717, 1.165) is 16.5 Å². The molecule has 2 unspecified atom stereocenters. The molecule has 0 saturated carbocycles. The smallest absolute Gasteiger partial charge is 0.294 e. The number of hydrogen-bond acceptors (Lipinski definition) is 3. The molecule has 0 amide bonds. The topological polar surface area (TPSA) is 31.2 Å². The van der Waals surface area contributed by atoms with E-state index in [1.165, 1.54) is 0 Å². The largest absolute Gasteiger partial charge is 0.455 e. The lowest BCUT2D eigenvalue weighted by Gasteiger charge is -2.32. The third kappa shape index (κ3) is 2.45. The highest BCUT2D eigenvalue weighted by Crippen LogP contribution is 2.45. The summed E-state index contributed by atoms with van der Waals surface area (Å²) < 4.78 is 8.51. The molecule has 1 aliphatic heterocycles. The van der Waals surface area contributed by atoms with Gasteiger partial charge in [-0.3, -0.25) is 4.79 Å². The van der Waals surface area contributed by atoms with Gasteiger partial charge in [-0.15, -0.1) is 11.8 Å². The number of allylic oxidation sites excluding steroid dienone is 1. The summed E-state index contributed by atoms with van der Waals surface area (Å²) in [4.78, 5) is 10.8. The minimum atomic E-state index is -0.584. The molecule has 92 valence electrons. The van der Waals surface area contributed by atoms with Crippen molar-refractivity contribution < 1.29 is 9.53 Å². The van der Waals surface area contributed by atoms with Crippen molar-refractivity contribution in [1.29, 1.82) is 0 Å². The van der Waals surface area contributed by atoms with E-state index >= 15 is 0 Å². The van der Waals surface area contributed by atoms with Crippen molar-refractivity contribution in [3.05, 3.63) is 33.9 Å². The molecule has 1 aliphatic rings. The molecule has 17 heavy (non-hydrogen) atoms. The first-order valence-corrected chi connectivity index (χ1v) is 7.04. The molecular formula is C12H14BrNO2S. The molecular weight excluding hydrogens is 302 g/mol. The second-order valence-corrected chi connectivity index (χ2v) is 6.38. The Hall–Kier alpha value is -0.680. The van der Waals surface area contributed by atoms with Gasteiger partial charge < -0.3 is 9.30 Å². The van der Waals surface area contributed by atoms with Crippen LogP contribution in [0.25, 0.3) is 0 Å². The van der Waals surface area contributed by atoms with E-state index in [9.17, 15) is 4.79 Å². The first-order valence-electron chi connectivity index (χ1n) is 5.30. The lowest BCUT2D eigenvalue weighted by atomic mass is 9.92. The summed E-state index contributed by atoms with van der Waals surface area (Å²) in [6.45, 7) is 2.51. The van der Waals surface area contributed by atoms with Crippen LogP contribution >= 0.6 is 27.7 Å². The molecule has 3 nitrogen and oxygen atoms in total. The van der Waals surface area contributed by atoms with Gasteiger partial charge in [0.15, 0.2) is 0 Å². The summed E-state index contributed by atoms with van der Waals surface area (Å²) in [5, 5.41) is 2.28. The molecule has 2 heterocycles. The molecule has 5 heteroatoms. The van der Waals surface area contributed by atoms with Gasteiger partial charge in [0.1, 0.15) is 5.60 Å². The van der Waals surface area contributed by atoms with Crippen molar-refractivity contribution in [3.63, 3.8) is 0 Å². The first-order chi connectivity index (χ1) is 8.06. The number of thioether (sulfide) groups is 1. The van der Waals surface area contributed by atoms with E-state index < -0.39 is 5.60 Å². The zero-order valence-electron chi connectivity index (χ0n) is 9.72. The van der Waals surface area contributed by atoms with Crippen molar-refractivity contribution in [3.8, 4) is 0 Å². The fourth-order valence-corrected chi connectivity index (χ4v) is 3.98. The van der Waals surface area contributed by atoms with Gasteiger partial charge in [-0.2, -0.15) is 0 Å². The normalized spacial score (nSPS) is 23.0. The number of aromatic nitrogens is 1. The van der Waals surface area contributed by atoms with Gasteiger partial charge in [0.25, 0.3) is 6.47 Å². The molecule has 0 spiro atoms. The highest BCUT2D eigenvalue weighted by Gasteiger charge is 2.41. The number of carbonyl (C=O) groups is 1. The second kappa shape index (κ2) is 4.90. The minimum Gasteiger partial charge on any atom is -0.455 e. The van der Waals surface area contributed by atoms with E-state index in [1.54, 1.807) is 11.8 Å². The summed E-state index contributed by atoms with van der Waals surface area (Å²) in [7, 11) is 1.96. The Labute approximate surface area is 113 Å². The van der Waals surface area contributed by atoms with Crippen LogP contribution in [0.3, 0.4) is 0 Å². The van der Waals surface area contributed by atoms with Gasteiger partial charge in [-0.1, -0.05) is 15.9 Å². The predicted octanol–water partition coefficient (Wildman–Crippen LogP) is 3.16. The molecule has 0 fully saturated rings. The Morgan fingerprint density at radius 2 is 2.47 bits per heavy atom. The van der Waals surface area contributed by atoms with E-state index in [1.807, 2.05) is 37.0 Å². The average molecular weight is 316 g/mol. The molecule has 1 aromatic heterocycles. The van der Waals surface area contributed by atoms with Crippen LogP contribution in [0.1, 0.15) is 18.9 Å². The summed E-state index contributed by atoms with van der Waals surface area (Å²) >= 11 is 5.19. The predicted molar refractivity (Wildman–Crippen MR) is 72.9 cm³/mol. The quantitative estimate of drug-likeness (QED) is 0.800. The Kier molecular flexibility index (Phi) is 3.68. The Balaban J connectivity index is 2.29. The highest BCUT2D eigenvalue weighted by molar-refractivity contribution is 9.11. The molecule has 0 saturated heterocycles. The molecule has 0 N–H and O–H groups in total. The second-order valence-electron chi connectivity index (χ2n) is 4.28. The Morgan fingerprint density at radius 1 is 1.71 bits per heavy atom. The van der Waals surface area contributed by atoms with Crippen molar-refractivity contribution >= 4 is 34.2 Å². The summed E-state index contributed by atoms with van der Waals surface area (Å²) in [5.41, 5.74) is 0.444. The lowest BCUT2D eigenvalue weighted by molar-refractivity contribution is -0.142. The maximum Gasteiger partial charge on any atom is 0.294 e. The van der Waals surface area contributed by atoms with Gasteiger partial charge in [-0.25, -0.2) is 0 Å². The molecule has 1 aromatic rings. The van der Waals surface area contributed by atoms with Crippen LogP contribution in [0.5, 0.6) is 0 Å². The van der Waals surface area contributed by atoms with Crippen LogP contribution in [-0.2, 0) is 22.2 Å². The fourth-order valence-electron chi connectivity index (χ4n) is 1.98. The SMILES string of the molecule is Cn1ccc(C(C)(OC=O)C2CC(Br)=CS2)c1. The first kappa shape index (κ1) is 12.8. The number of nitrogens with zero attached hydrogens (tertiary/aromatic N) is 1. The van der Waals surface area contributed by atoms with E-state index in [2.05, 4.69) is 21.3 Å². The summed E-state index contributed by atoms with van der Waals surface area (Å²) in [6.07, 6.45) is 4.84. The van der Waals surface area contributed by atoms with Crippen molar-refractivity contribution in [2.45, 2.75) is 24.2 Å². The Morgan fingerprint density at radius 3 is 2.94 bits per heavy atom. The van der Waals surface area contributed by atoms with Crippen molar-refractivity contribution in [1.82, 2.24) is 4.57 Å². The zero-order chi connectivity index (χ0) is 12.5. The number of carbonyl (C=O) groups excluding carboxylic acids is 1. The number of aryl methyl sites for hydroxylation is 1. The lowest BCUT2D eigenvalue weighted by Crippen LogP contribution is -2.35. The molecule has 0 aliphatic carbocycles. The zero-order valence-corrected chi connectivity index (χ0v) is 12.1. The maximum absolute atomic E-state index is 10.8. The van der Waals surface area contributed by atoms with E-state index in [0.29, 0.717) is 6.47 Å². The monoisotopic (exact) mass is 315 g/mol. The molecule has 0 aromatic carbocycles. The van der Waals surface area contributed by atoms with Crippen LogP contribution in [-0.4, -0.2) is 16.3 Å². The van der Waals surface area contributed by atoms with Crippen molar-refractivity contribution in [2.75, 3.05) is 0 Å². The van der Waals surface area contributed by atoms with E-state index in [-0.39, 0.29) is 5.25 Å². The third-order valence-electron chi connectivity index (χ3n) is 3.05. The van der Waals surface area contributed by atoms with Gasteiger partial charge in [0.05, 0.1) is 5.25 Å². The summed E-state index contributed by atoms with van der Waals surface area (Å²) in [5.74, 6) is 0. The fraction of sp³-hybridized carbons (Fsp3) is 0.417. The highest BCUT2D eigenvalue weighted by atomic mass is 79.9. The average Bonchev–Trinajstić information content (AvgIpc) is 2.88. The molecule has 2 atom stereocenters. The maximum atomic E-state index is 10.8. The standard InChI is InChI=1S/C12H14BrNO2S/c1-12(16-8-15,9-3-4-14(2)6-9)11-5-10(13)7-17-11/h3-4,6-8,11H,5H2,1-2H3. The third-order valence-corrected chi connectivity index (χ3v) is 5.27. The number of hydrogen-bond donors (Lipinski definition) is 0. The molecule has 0 bridgehead atoms. The van der Waals surface area contributed by atoms with Gasteiger partial charge in [0.2, 0.25) is 0 Å². The molecule has 2 rings (SSSR count). The van der Waals surface area contributed by atoms with Crippen LogP contribution < -0.4 is 0 Å². The number of ether oxygens (including phenoxy) is 1. The van der Waals surface area contributed by atoms with Crippen LogP contribution in [0.2, 0.25) is 0 Å². The van der Waals surface area contributed by atoms with Gasteiger partial charge >= 0.3 is 0 Å². The van der Waals surface area contributed by atoms with Crippen molar-refractivity contribution in [2.24, 2.45) is 7.05 Å². The number of rotatable bonds is 4. The molecule has 0 radical (unpaired) electrons. The number of halogens is 1. The van der Waals surface area contributed by atoms with Gasteiger partial charge in [0, 0.05) is 29.5 Å².